The van der Waals surface area contributed by atoms with Crippen LogP contribution in [0.15, 0.2) is 83.7 Å². The van der Waals surface area contributed by atoms with E-state index >= 15 is 0 Å². The lowest BCUT2D eigenvalue weighted by atomic mass is 9.88. The van der Waals surface area contributed by atoms with E-state index in [9.17, 15) is 9.59 Å². The molecule has 5 heteroatoms. The fourth-order valence-corrected chi connectivity index (χ4v) is 3.79. The van der Waals surface area contributed by atoms with Gasteiger partial charge >= 0.3 is 11.7 Å². The van der Waals surface area contributed by atoms with E-state index in [1.54, 1.807) is 22.8 Å². The summed E-state index contributed by atoms with van der Waals surface area (Å²) in [5, 5.41) is 0. The maximum Gasteiger partial charge on any atom is 0.337 e. The van der Waals surface area contributed by atoms with Gasteiger partial charge in [-0.05, 0) is 35.7 Å². The molecular formula is C24H22N2O3. The molecule has 5 nitrogen and oxygen atoms in total. The van der Waals surface area contributed by atoms with Crippen molar-refractivity contribution in [2.75, 3.05) is 7.11 Å². The van der Waals surface area contributed by atoms with Gasteiger partial charge < -0.3 is 9.72 Å². The zero-order valence-corrected chi connectivity index (χ0v) is 16.2. The van der Waals surface area contributed by atoms with Crippen molar-refractivity contribution in [2.24, 2.45) is 0 Å². The van der Waals surface area contributed by atoms with Gasteiger partial charge in [0.2, 0.25) is 0 Å². The second-order valence-electron chi connectivity index (χ2n) is 6.97. The number of benzene rings is 3. The molecule has 29 heavy (non-hydrogen) atoms. The van der Waals surface area contributed by atoms with Gasteiger partial charge in [-0.2, -0.15) is 0 Å². The Balaban J connectivity index is 1.66. The number of carbonyl (C=O) groups excluding carboxylic acids is 1. The number of methoxy groups -OCH3 is 1. The summed E-state index contributed by atoms with van der Waals surface area (Å²) in [7, 11) is 1.34. The SMILES string of the molecule is COC(=O)c1ccc2c(c1)[nH]c(=O)n2CCC(c1ccccc1)c1ccccc1. The maximum atomic E-state index is 12.6. The average molecular weight is 386 g/mol. The molecule has 4 aromatic rings. The third kappa shape index (κ3) is 3.85. The smallest absolute Gasteiger partial charge is 0.337 e. The van der Waals surface area contributed by atoms with Gasteiger partial charge in [0.25, 0.3) is 0 Å². The van der Waals surface area contributed by atoms with E-state index < -0.39 is 5.97 Å². The third-order valence-corrected chi connectivity index (χ3v) is 5.24. The standard InChI is InChI=1S/C24H22N2O3/c1-29-23(27)19-12-13-22-21(16-19)25-24(28)26(22)15-14-20(17-8-4-2-5-9-17)18-10-6-3-7-11-18/h2-13,16,20H,14-15H2,1H3,(H,25,28). The Morgan fingerprint density at radius 3 is 2.17 bits per heavy atom. The predicted molar refractivity (Wildman–Crippen MR) is 113 cm³/mol. The number of aromatic nitrogens is 2. The number of ether oxygens (including phenoxy) is 1. The lowest BCUT2D eigenvalue weighted by molar-refractivity contribution is 0.0601. The summed E-state index contributed by atoms with van der Waals surface area (Å²) < 4.78 is 6.49. The molecule has 0 fully saturated rings. The van der Waals surface area contributed by atoms with E-state index in [-0.39, 0.29) is 11.6 Å². The summed E-state index contributed by atoms with van der Waals surface area (Å²) in [6.45, 7) is 0.560. The van der Waals surface area contributed by atoms with Crippen LogP contribution in [0.25, 0.3) is 11.0 Å². The number of rotatable bonds is 6. The number of aromatic amines is 1. The van der Waals surface area contributed by atoms with E-state index in [4.69, 9.17) is 4.74 Å². The van der Waals surface area contributed by atoms with Crippen LogP contribution in [0, 0.1) is 0 Å². The van der Waals surface area contributed by atoms with Crippen molar-refractivity contribution < 1.29 is 9.53 Å². The lowest BCUT2D eigenvalue weighted by Gasteiger charge is -2.18. The van der Waals surface area contributed by atoms with Gasteiger partial charge in [-0.15, -0.1) is 0 Å². The second kappa shape index (κ2) is 8.19. The first-order chi connectivity index (χ1) is 14.2. The minimum Gasteiger partial charge on any atom is -0.465 e. The summed E-state index contributed by atoms with van der Waals surface area (Å²) in [4.78, 5) is 27.2. The zero-order valence-electron chi connectivity index (χ0n) is 16.2. The number of hydrogen-bond donors (Lipinski definition) is 1. The normalized spacial score (nSPS) is 11.1. The fourth-order valence-electron chi connectivity index (χ4n) is 3.79. The number of imidazole rings is 1. The van der Waals surface area contributed by atoms with Gasteiger partial charge in [-0.1, -0.05) is 60.7 Å². The number of hydrogen-bond acceptors (Lipinski definition) is 3. The first kappa shape index (κ1) is 18.7. The summed E-state index contributed by atoms with van der Waals surface area (Å²) in [6, 6.07) is 25.8. The molecule has 1 N–H and O–H groups in total. The van der Waals surface area contributed by atoms with Crippen molar-refractivity contribution in [1.82, 2.24) is 9.55 Å². The zero-order chi connectivity index (χ0) is 20.2. The van der Waals surface area contributed by atoms with Gasteiger partial charge in [0, 0.05) is 12.5 Å². The van der Waals surface area contributed by atoms with Crippen LogP contribution in [0.1, 0.15) is 33.8 Å². The summed E-state index contributed by atoms with van der Waals surface area (Å²) in [5.41, 5.74) is 4.09. The Morgan fingerprint density at radius 1 is 0.966 bits per heavy atom. The van der Waals surface area contributed by atoms with Crippen LogP contribution in [0.2, 0.25) is 0 Å². The number of aryl methyl sites for hydroxylation is 1. The van der Waals surface area contributed by atoms with Gasteiger partial charge in [0.1, 0.15) is 0 Å². The molecule has 0 atom stereocenters. The molecule has 0 amide bonds. The molecule has 1 heterocycles. The molecular weight excluding hydrogens is 364 g/mol. The minimum absolute atomic E-state index is 0.179. The molecule has 0 spiro atoms. The number of nitrogens with zero attached hydrogens (tertiary/aromatic N) is 1. The number of H-pyrrole nitrogens is 1. The third-order valence-electron chi connectivity index (χ3n) is 5.24. The monoisotopic (exact) mass is 386 g/mol. The highest BCUT2D eigenvalue weighted by Crippen LogP contribution is 2.28. The van der Waals surface area contributed by atoms with Gasteiger partial charge in [0.05, 0.1) is 23.7 Å². The molecule has 0 bridgehead atoms. The molecule has 146 valence electrons. The molecule has 4 rings (SSSR count). The molecule has 0 saturated carbocycles. The predicted octanol–water partition coefficient (Wildman–Crippen LogP) is 4.34. The molecule has 0 aliphatic heterocycles. The average Bonchev–Trinajstić information content (AvgIpc) is 3.09. The van der Waals surface area contributed by atoms with Gasteiger partial charge in [-0.3, -0.25) is 4.57 Å². The summed E-state index contributed by atoms with van der Waals surface area (Å²) in [6.07, 6.45) is 0.777. The molecule has 3 aromatic carbocycles. The van der Waals surface area contributed by atoms with Crippen LogP contribution in [0.3, 0.4) is 0 Å². The highest BCUT2D eigenvalue weighted by atomic mass is 16.5. The number of nitrogens with one attached hydrogen (secondary N) is 1. The van der Waals surface area contributed by atoms with E-state index in [1.807, 2.05) is 36.4 Å². The van der Waals surface area contributed by atoms with Crippen LogP contribution in [-0.2, 0) is 11.3 Å². The van der Waals surface area contributed by atoms with Crippen molar-refractivity contribution in [3.63, 3.8) is 0 Å². The van der Waals surface area contributed by atoms with Crippen LogP contribution in [0.5, 0.6) is 0 Å². The fraction of sp³-hybridized carbons (Fsp3) is 0.167. The second-order valence-corrected chi connectivity index (χ2v) is 6.97. The first-order valence-corrected chi connectivity index (χ1v) is 9.58. The van der Waals surface area contributed by atoms with Crippen molar-refractivity contribution in [3.8, 4) is 0 Å². The highest BCUT2D eigenvalue weighted by Gasteiger charge is 2.16. The largest absolute Gasteiger partial charge is 0.465 e. The van der Waals surface area contributed by atoms with E-state index in [0.717, 1.165) is 11.9 Å². The Morgan fingerprint density at radius 2 is 1.59 bits per heavy atom. The van der Waals surface area contributed by atoms with Crippen molar-refractivity contribution in [3.05, 3.63) is 106 Å². The first-order valence-electron chi connectivity index (χ1n) is 9.58. The molecule has 0 aliphatic carbocycles. The topological polar surface area (TPSA) is 64.1 Å². The van der Waals surface area contributed by atoms with Crippen molar-refractivity contribution in [2.45, 2.75) is 18.9 Å². The van der Waals surface area contributed by atoms with Gasteiger partial charge in [0.15, 0.2) is 0 Å². The van der Waals surface area contributed by atoms with Crippen LogP contribution in [-0.4, -0.2) is 22.6 Å². The number of fused-ring (bicyclic) bond motifs is 1. The van der Waals surface area contributed by atoms with E-state index in [2.05, 4.69) is 29.2 Å². The molecule has 0 unspecified atom stereocenters. The minimum atomic E-state index is -0.422. The number of carbonyl (C=O) groups is 1. The summed E-state index contributed by atoms with van der Waals surface area (Å²) >= 11 is 0. The van der Waals surface area contributed by atoms with Crippen LogP contribution < -0.4 is 5.69 Å². The summed E-state index contributed by atoms with van der Waals surface area (Å²) in [5.74, 6) is -0.239. The quantitative estimate of drug-likeness (QED) is 0.502. The van der Waals surface area contributed by atoms with Crippen molar-refractivity contribution in [1.29, 1.82) is 0 Å². The van der Waals surface area contributed by atoms with Gasteiger partial charge in [-0.25, -0.2) is 9.59 Å². The van der Waals surface area contributed by atoms with Crippen LogP contribution in [0.4, 0.5) is 0 Å². The Bertz CT molecular complexity index is 1140. The highest BCUT2D eigenvalue weighted by molar-refractivity contribution is 5.93. The lowest BCUT2D eigenvalue weighted by Crippen LogP contribution is -2.18. The van der Waals surface area contributed by atoms with Crippen molar-refractivity contribution >= 4 is 17.0 Å². The number of esters is 1. The Hall–Kier alpha value is -3.60. The van der Waals surface area contributed by atoms with E-state index in [0.29, 0.717) is 17.6 Å². The maximum absolute atomic E-state index is 12.6. The van der Waals surface area contributed by atoms with E-state index in [1.165, 1.54) is 18.2 Å². The Labute approximate surface area is 168 Å². The molecule has 0 saturated heterocycles. The molecule has 1 aromatic heterocycles. The molecule has 0 aliphatic rings. The van der Waals surface area contributed by atoms with Crippen LogP contribution >= 0.6 is 0 Å². The Kier molecular flexibility index (Phi) is 5.29. The molecule has 0 radical (unpaired) electrons.